The molecule has 5 rings (SSSR count). The number of aromatic nitrogens is 1. The number of nitrogens with zero attached hydrogens (tertiary/aromatic N) is 2. The van der Waals surface area contributed by atoms with Gasteiger partial charge in [-0.1, -0.05) is 65.4 Å². The zero-order valence-electron chi connectivity index (χ0n) is 22.5. The lowest BCUT2D eigenvalue weighted by Crippen LogP contribution is -2.39. The predicted molar refractivity (Wildman–Crippen MR) is 163 cm³/mol. The molecule has 2 heterocycles. The van der Waals surface area contributed by atoms with Crippen molar-refractivity contribution in [1.82, 2.24) is 4.57 Å². The highest BCUT2D eigenvalue weighted by molar-refractivity contribution is 9.10. The Morgan fingerprint density at radius 3 is 2.56 bits per heavy atom. The Balaban J connectivity index is 1.58. The molecule has 0 N–H and O–H groups in total. The van der Waals surface area contributed by atoms with Gasteiger partial charge in [-0.15, -0.1) is 0 Å². The number of methoxy groups -OCH3 is 1. The van der Waals surface area contributed by atoms with Crippen molar-refractivity contribution in [3.63, 3.8) is 0 Å². The Morgan fingerprint density at radius 2 is 1.88 bits per heavy atom. The first-order chi connectivity index (χ1) is 19.8. The Bertz CT molecular complexity index is 1810. The molecule has 210 valence electrons. The van der Waals surface area contributed by atoms with Crippen molar-refractivity contribution in [2.24, 2.45) is 4.99 Å². The zero-order chi connectivity index (χ0) is 29.1. The zero-order valence-corrected chi connectivity index (χ0v) is 25.7. The number of hydrogen-bond donors (Lipinski definition) is 0. The van der Waals surface area contributed by atoms with E-state index in [9.17, 15) is 9.59 Å². The van der Waals surface area contributed by atoms with Gasteiger partial charge in [-0.05, 0) is 76.8 Å². The van der Waals surface area contributed by atoms with Crippen molar-refractivity contribution in [3.05, 3.63) is 124 Å². The van der Waals surface area contributed by atoms with Crippen molar-refractivity contribution in [2.75, 3.05) is 13.7 Å². The number of ether oxygens (including phenoxy) is 3. The molecule has 0 saturated heterocycles. The van der Waals surface area contributed by atoms with E-state index in [-0.39, 0.29) is 12.2 Å². The van der Waals surface area contributed by atoms with Crippen LogP contribution in [0.4, 0.5) is 0 Å². The van der Waals surface area contributed by atoms with Crippen LogP contribution in [-0.4, -0.2) is 24.3 Å². The summed E-state index contributed by atoms with van der Waals surface area (Å²) in [4.78, 5) is 32.0. The highest BCUT2D eigenvalue weighted by Gasteiger charge is 2.33. The molecule has 1 atom stereocenters. The number of halogens is 2. The van der Waals surface area contributed by atoms with Gasteiger partial charge < -0.3 is 14.2 Å². The maximum atomic E-state index is 13.9. The molecule has 7 nitrogen and oxygen atoms in total. The van der Waals surface area contributed by atoms with E-state index in [0.717, 1.165) is 16.7 Å². The number of benzene rings is 3. The molecule has 1 aliphatic rings. The van der Waals surface area contributed by atoms with Crippen molar-refractivity contribution in [1.29, 1.82) is 0 Å². The van der Waals surface area contributed by atoms with Gasteiger partial charge in [0.2, 0.25) is 0 Å². The number of fused-ring (bicyclic) bond motifs is 1. The monoisotopic (exact) mass is 652 g/mol. The summed E-state index contributed by atoms with van der Waals surface area (Å²) in [5.41, 5.74) is 3.03. The first-order valence-corrected chi connectivity index (χ1v) is 14.8. The standard InChI is InChI=1S/C31H26BrClN2O5S/c1-4-39-30(37)26-18(2)34-31-35(27(26)21-10-12-22(33)13-11-21)29(36)25(41-31)16-20-14-23(32)28(24(15-20)38-3)40-17-19-8-6-5-7-9-19/h5-16,27H,4,17H2,1-3H3/b25-16+/t27-/m1/s1. The second kappa shape index (κ2) is 12.5. The van der Waals surface area contributed by atoms with Crippen molar-refractivity contribution in [3.8, 4) is 11.5 Å². The van der Waals surface area contributed by atoms with Crippen LogP contribution in [0.5, 0.6) is 11.5 Å². The predicted octanol–water partition coefficient (Wildman–Crippen LogP) is 5.80. The van der Waals surface area contributed by atoms with Gasteiger partial charge in [-0.25, -0.2) is 9.79 Å². The van der Waals surface area contributed by atoms with Crippen LogP contribution in [0, 0.1) is 0 Å². The van der Waals surface area contributed by atoms with Crippen LogP contribution in [0.3, 0.4) is 0 Å². The van der Waals surface area contributed by atoms with Crippen molar-refractivity contribution < 1.29 is 19.0 Å². The van der Waals surface area contributed by atoms with E-state index in [4.69, 9.17) is 25.8 Å². The molecule has 1 aromatic heterocycles. The average molecular weight is 654 g/mol. The van der Waals surface area contributed by atoms with Gasteiger partial charge >= 0.3 is 5.97 Å². The van der Waals surface area contributed by atoms with Crippen LogP contribution in [0.2, 0.25) is 5.02 Å². The molecule has 0 radical (unpaired) electrons. The normalized spacial score (nSPS) is 14.9. The highest BCUT2D eigenvalue weighted by atomic mass is 79.9. The van der Waals surface area contributed by atoms with E-state index in [1.165, 1.54) is 11.3 Å². The number of hydrogen-bond acceptors (Lipinski definition) is 7. The van der Waals surface area contributed by atoms with Crippen LogP contribution in [0.1, 0.15) is 36.6 Å². The van der Waals surface area contributed by atoms with Gasteiger partial charge in [-0.2, -0.15) is 0 Å². The lowest BCUT2D eigenvalue weighted by atomic mass is 9.96. The summed E-state index contributed by atoms with van der Waals surface area (Å²) in [6.45, 7) is 4.07. The summed E-state index contributed by atoms with van der Waals surface area (Å²) in [5, 5.41) is 0.551. The summed E-state index contributed by atoms with van der Waals surface area (Å²) >= 11 is 11.0. The molecule has 0 amide bonds. The minimum Gasteiger partial charge on any atom is -0.493 e. The fourth-order valence-electron chi connectivity index (χ4n) is 4.60. The first-order valence-electron chi connectivity index (χ1n) is 12.8. The number of esters is 1. The van der Waals surface area contributed by atoms with Gasteiger partial charge in [-0.3, -0.25) is 9.36 Å². The molecule has 0 unspecified atom stereocenters. The first kappa shape index (κ1) is 28.9. The van der Waals surface area contributed by atoms with Gasteiger partial charge in [0, 0.05) is 5.02 Å². The summed E-state index contributed by atoms with van der Waals surface area (Å²) < 4.78 is 19.7. The van der Waals surface area contributed by atoms with Crippen LogP contribution < -0.4 is 24.4 Å². The number of thiazole rings is 1. The molecule has 41 heavy (non-hydrogen) atoms. The third kappa shape index (κ3) is 6.02. The summed E-state index contributed by atoms with van der Waals surface area (Å²) in [7, 11) is 1.57. The Morgan fingerprint density at radius 1 is 1.15 bits per heavy atom. The number of rotatable bonds is 8. The molecule has 0 fully saturated rings. The fourth-order valence-corrected chi connectivity index (χ4v) is 6.34. The molecular weight excluding hydrogens is 628 g/mol. The minimum absolute atomic E-state index is 0.204. The molecule has 0 saturated carbocycles. The lowest BCUT2D eigenvalue weighted by Gasteiger charge is -2.24. The number of carbonyl (C=O) groups is 1. The minimum atomic E-state index is -0.709. The van der Waals surface area contributed by atoms with Gasteiger partial charge in [0.1, 0.15) is 6.61 Å². The summed E-state index contributed by atoms with van der Waals surface area (Å²) in [6, 6.07) is 19.9. The van der Waals surface area contributed by atoms with E-state index in [1.807, 2.05) is 42.5 Å². The SMILES string of the molecule is CCOC(=O)C1=C(C)N=c2s/c(=C/c3cc(Br)c(OCc4ccccc4)c(OC)c3)c(=O)n2[C@@H]1c1ccc(Cl)cc1. The number of allylic oxidation sites excluding steroid dienone is 1. The van der Waals surface area contributed by atoms with Crippen molar-refractivity contribution in [2.45, 2.75) is 26.5 Å². The molecule has 4 aromatic rings. The largest absolute Gasteiger partial charge is 0.493 e. The Labute approximate surface area is 254 Å². The average Bonchev–Trinajstić information content (AvgIpc) is 3.26. The molecule has 10 heteroatoms. The Kier molecular flexibility index (Phi) is 8.77. The molecule has 0 spiro atoms. The lowest BCUT2D eigenvalue weighted by molar-refractivity contribution is -0.139. The van der Waals surface area contributed by atoms with Gasteiger partial charge in [0.25, 0.3) is 5.56 Å². The van der Waals surface area contributed by atoms with Gasteiger partial charge in [0.05, 0.1) is 40.0 Å². The van der Waals surface area contributed by atoms with Gasteiger partial charge in [0.15, 0.2) is 16.3 Å². The Hall–Kier alpha value is -3.66. The summed E-state index contributed by atoms with van der Waals surface area (Å²) in [5.74, 6) is 0.573. The van der Waals surface area contributed by atoms with E-state index in [2.05, 4.69) is 20.9 Å². The quantitative estimate of drug-likeness (QED) is 0.225. The summed E-state index contributed by atoms with van der Waals surface area (Å²) in [6.07, 6.45) is 1.78. The third-order valence-electron chi connectivity index (χ3n) is 6.48. The second-order valence-electron chi connectivity index (χ2n) is 9.16. The molecule has 0 bridgehead atoms. The molecule has 3 aromatic carbocycles. The highest BCUT2D eigenvalue weighted by Crippen LogP contribution is 2.37. The molecule has 0 aliphatic carbocycles. The third-order valence-corrected chi connectivity index (χ3v) is 8.30. The van der Waals surface area contributed by atoms with Crippen LogP contribution in [-0.2, 0) is 16.1 Å². The van der Waals surface area contributed by atoms with E-state index < -0.39 is 12.0 Å². The van der Waals surface area contributed by atoms with Crippen LogP contribution >= 0.6 is 38.9 Å². The second-order valence-corrected chi connectivity index (χ2v) is 11.5. The van der Waals surface area contributed by atoms with Crippen molar-refractivity contribution >= 4 is 50.9 Å². The van der Waals surface area contributed by atoms with Crippen LogP contribution in [0.15, 0.2) is 92.3 Å². The number of carbonyl (C=O) groups excluding carboxylic acids is 1. The maximum Gasteiger partial charge on any atom is 0.338 e. The smallest absolute Gasteiger partial charge is 0.338 e. The topological polar surface area (TPSA) is 79.1 Å². The maximum absolute atomic E-state index is 13.9. The molecule has 1 aliphatic heterocycles. The van der Waals surface area contributed by atoms with E-state index >= 15 is 0 Å². The van der Waals surface area contributed by atoms with Crippen LogP contribution in [0.25, 0.3) is 6.08 Å². The van der Waals surface area contributed by atoms with E-state index in [1.54, 1.807) is 55.9 Å². The fraction of sp³-hybridized carbons (Fsp3) is 0.194. The molecular formula is C31H26BrClN2O5S. The van der Waals surface area contributed by atoms with E-state index in [0.29, 0.717) is 48.2 Å².